The zero-order chi connectivity index (χ0) is 12.7. The molecule has 0 bridgehead atoms. The lowest BCUT2D eigenvalue weighted by Crippen LogP contribution is -1.98. The number of rotatable bonds is 4. The average molecular weight is 265 g/mol. The molecular weight excluding hydrogens is 254 g/mol. The predicted molar refractivity (Wildman–Crippen MR) is 64.5 cm³/mol. The zero-order valence-electron chi connectivity index (χ0n) is 9.68. The van der Waals surface area contributed by atoms with Crippen LogP contribution in [0, 0.1) is 10.1 Å². The predicted octanol–water partition coefficient (Wildman–Crippen LogP) is 2.01. The molecule has 2 aromatic heterocycles. The monoisotopic (exact) mass is 265 g/mol. The van der Waals surface area contributed by atoms with E-state index in [0.29, 0.717) is 11.1 Å². The molecule has 0 aliphatic heterocycles. The number of aryl methyl sites for hydroxylation is 1. The van der Waals surface area contributed by atoms with Gasteiger partial charge in [0.2, 0.25) is 6.33 Å². The smallest absolute Gasteiger partial charge is 0.358 e. The van der Waals surface area contributed by atoms with Crippen molar-refractivity contribution in [2.75, 3.05) is 0 Å². The summed E-state index contributed by atoms with van der Waals surface area (Å²) in [4.78, 5) is 18.5. The molecule has 0 unspecified atom stereocenters. The van der Waals surface area contributed by atoms with Gasteiger partial charge in [-0.05, 0) is 34.5 Å². The molecule has 0 saturated heterocycles. The van der Waals surface area contributed by atoms with Gasteiger partial charge in [0.05, 0.1) is 0 Å². The first-order valence-electron chi connectivity index (χ1n) is 5.53. The minimum atomic E-state index is -0.466. The van der Waals surface area contributed by atoms with Crippen molar-refractivity contribution in [3.8, 4) is 0 Å². The van der Waals surface area contributed by atoms with E-state index in [1.54, 1.807) is 17.8 Å². The van der Waals surface area contributed by atoms with Gasteiger partial charge in [0.1, 0.15) is 0 Å². The highest BCUT2D eigenvalue weighted by atomic mass is 32.2. The van der Waals surface area contributed by atoms with Crippen LogP contribution in [-0.4, -0.2) is 24.0 Å². The molecular formula is C10H11N5O2S. The fourth-order valence-corrected chi connectivity index (χ4v) is 2.76. The first-order valence-corrected chi connectivity index (χ1v) is 6.35. The van der Waals surface area contributed by atoms with Crippen molar-refractivity contribution < 1.29 is 4.92 Å². The SMILES string of the molecule is Cn1cnc([N+](=O)[O-])c1Sc1nccn1C1CC1. The van der Waals surface area contributed by atoms with Crippen molar-refractivity contribution in [1.82, 2.24) is 19.1 Å². The van der Waals surface area contributed by atoms with Crippen molar-refractivity contribution in [2.24, 2.45) is 7.05 Å². The summed E-state index contributed by atoms with van der Waals surface area (Å²) in [5.41, 5.74) is 0. The summed E-state index contributed by atoms with van der Waals surface area (Å²) in [5, 5.41) is 12.2. The van der Waals surface area contributed by atoms with Gasteiger partial charge >= 0.3 is 5.82 Å². The molecule has 0 aromatic carbocycles. The molecule has 2 aromatic rings. The van der Waals surface area contributed by atoms with Gasteiger partial charge in [-0.1, -0.05) is 0 Å². The fourth-order valence-electron chi connectivity index (χ4n) is 1.75. The molecule has 94 valence electrons. The summed E-state index contributed by atoms with van der Waals surface area (Å²) in [6, 6.07) is 0.502. The zero-order valence-corrected chi connectivity index (χ0v) is 10.5. The second kappa shape index (κ2) is 4.13. The van der Waals surface area contributed by atoms with E-state index in [4.69, 9.17) is 0 Å². The van der Waals surface area contributed by atoms with Crippen molar-refractivity contribution in [3.05, 3.63) is 28.8 Å². The Hall–Kier alpha value is -1.83. The number of hydrogen-bond donors (Lipinski definition) is 0. The quantitative estimate of drug-likeness (QED) is 0.624. The van der Waals surface area contributed by atoms with Crippen LogP contribution in [-0.2, 0) is 7.05 Å². The van der Waals surface area contributed by atoms with Gasteiger partial charge in [0, 0.05) is 25.5 Å². The van der Waals surface area contributed by atoms with E-state index in [1.807, 2.05) is 6.20 Å². The van der Waals surface area contributed by atoms with Crippen LogP contribution in [0.25, 0.3) is 0 Å². The number of nitrogens with zero attached hydrogens (tertiary/aromatic N) is 5. The first kappa shape index (κ1) is 11.3. The maximum Gasteiger partial charge on any atom is 0.396 e. The Morgan fingerprint density at radius 3 is 2.94 bits per heavy atom. The number of nitro groups is 1. The highest BCUT2D eigenvalue weighted by molar-refractivity contribution is 7.99. The van der Waals surface area contributed by atoms with Gasteiger partial charge in [-0.25, -0.2) is 4.98 Å². The number of hydrogen-bond acceptors (Lipinski definition) is 5. The van der Waals surface area contributed by atoms with Crippen LogP contribution in [0.4, 0.5) is 5.82 Å². The Morgan fingerprint density at radius 1 is 1.50 bits per heavy atom. The molecule has 2 heterocycles. The van der Waals surface area contributed by atoms with Gasteiger partial charge < -0.3 is 19.2 Å². The van der Waals surface area contributed by atoms with Crippen LogP contribution in [0.2, 0.25) is 0 Å². The summed E-state index contributed by atoms with van der Waals surface area (Å²) >= 11 is 1.29. The van der Waals surface area contributed by atoms with Crippen LogP contribution in [0.5, 0.6) is 0 Å². The van der Waals surface area contributed by atoms with Crippen molar-refractivity contribution in [3.63, 3.8) is 0 Å². The molecule has 0 atom stereocenters. The lowest BCUT2D eigenvalue weighted by atomic mass is 10.7. The maximum absolute atomic E-state index is 10.9. The van der Waals surface area contributed by atoms with E-state index < -0.39 is 4.92 Å². The summed E-state index contributed by atoms with van der Waals surface area (Å²) < 4.78 is 3.72. The molecule has 3 rings (SSSR count). The Morgan fingerprint density at radius 2 is 2.28 bits per heavy atom. The molecule has 1 saturated carbocycles. The fraction of sp³-hybridized carbons (Fsp3) is 0.400. The Kier molecular flexibility index (Phi) is 2.58. The molecule has 0 spiro atoms. The third-order valence-corrected chi connectivity index (χ3v) is 3.96. The Labute approximate surface area is 107 Å². The maximum atomic E-state index is 10.9. The van der Waals surface area contributed by atoms with E-state index in [9.17, 15) is 10.1 Å². The highest BCUT2D eigenvalue weighted by Crippen LogP contribution is 2.40. The van der Waals surface area contributed by atoms with Crippen LogP contribution in [0.15, 0.2) is 28.9 Å². The van der Waals surface area contributed by atoms with E-state index in [1.165, 1.54) is 18.1 Å². The summed E-state index contributed by atoms with van der Waals surface area (Å²) in [7, 11) is 1.74. The Balaban J connectivity index is 1.94. The topological polar surface area (TPSA) is 78.8 Å². The largest absolute Gasteiger partial charge is 0.396 e. The Bertz CT molecular complexity index is 601. The third-order valence-electron chi connectivity index (χ3n) is 2.80. The van der Waals surface area contributed by atoms with Crippen LogP contribution in [0.1, 0.15) is 18.9 Å². The summed E-state index contributed by atoms with van der Waals surface area (Å²) in [6.07, 6.45) is 7.39. The molecule has 7 nitrogen and oxygen atoms in total. The standard InChI is InChI=1S/C10H11N5O2S/c1-13-6-12-8(15(16)17)9(13)18-10-11-4-5-14(10)7-2-3-7/h4-7H,2-3H2,1H3. The second-order valence-corrected chi connectivity index (χ2v) is 5.15. The van der Waals surface area contributed by atoms with Crippen LogP contribution >= 0.6 is 11.8 Å². The van der Waals surface area contributed by atoms with E-state index in [2.05, 4.69) is 14.5 Å². The average Bonchev–Trinajstić information content (AvgIpc) is 2.96. The lowest BCUT2D eigenvalue weighted by Gasteiger charge is -2.05. The minimum Gasteiger partial charge on any atom is -0.358 e. The van der Waals surface area contributed by atoms with Crippen LogP contribution in [0.3, 0.4) is 0 Å². The molecule has 1 aliphatic rings. The van der Waals surface area contributed by atoms with Gasteiger partial charge in [0.15, 0.2) is 10.2 Å². The van der Waals surface area contributed by atoms with Crippen molar-refractivity contribution in [1.29, 1.82) is 0 Å². The van der Waals surface area contributed by atoms with Crippen molar-refractivity contribution in [2.45, 2.75) is 29.1 Å². The van der Waals surface area contributed by atoms with Gasteiger partial charge in [0.25, 0.3) is 0 Å². The molecule has 1 aliphatic carbocycles. The molecule has 1 fully saturated rings. The second-order valence-electron chi connectivity index (χ2n) is 4.19. The van der Waals surface area contributed by atoms with E-state index in [0.717, 1.165) is 18.0 Å². The highest BCUT2D eigenvalue weighted by Gasteiger charge is 2.28. The number of imidazole rings is 2. The third kappa shape index (κ3) is 1.88. The molecule has 0 amide bonds. The van der Waals surface area contributed by atoms with Crippen molar-refractivity contribution >= 4 is 17.6 Å². The van der Waals surface area contributed by atoms with Gasteiger partial charge in [-0.2, -0.15) is 0 Å². The van der Waals surface area contributed by atoms with Gasteiger partial charge in [-0.15, -0.1) is 0 Å². The van der Waals surface area contributed by atoms with E-state index >= 15 is 0 Å². The van der Waals surface area contributed by atoms with Crippen LogP contribution < -0.4 is 0 Å². The minimum absolute atomic E-state index is 0.118. The molecule has 8 heteroatoms. The number of aromatic nitrogens is 4. The molecule has 0 radical (unpaired) electrons. The molecule has 18 heavy (non-hydrogen) atoms. The normalized spacial score (nSPS) is 14.9. The summed E-state index contributed by atoms with van der Waals surface area (Å²) in [5.74, 6) is -0.118. The lowest BCUT2D eigenvalue weighted by molar-refractivity contribution is -0.392. The molecule has 0 N–H and O–H groups in total. The van der Waals surface area contributed by atoms with E-state index in [-0.39, 0.29) is 5.82 Å². The summed E-state index contributed by atoms with van der Waals surface area (Å²) in [6.45, 7) is 0. The van der Waals surface area contributed by atoms with Gasteiger partial charge in [-0.3, -0.25) is 0 Å². The first-order chi connectivity index (χ1) is 8.66.